The monoisotopic (exact) mass is 979 g/mol. The molecule has 8 fully saturated rings. The van der Waals surface area contributed by atoms with Crippen molar-refractivity contribution >= 4 is 0 Å². The molecule has 5 aliphatic carbocycles. The largest absolute Gasteiger partial charge is 0.396 e. The van der Waals surface area contributed by atoms with E-state index < -0.39 is 141 Å². The molecule has 0 bridgehead atoms. The molecule has 0 aromatic carbocycles. The van der Waals surface area contributed by atoms with E-state index in [1.807, 2.05) is 6.92 Å². The Morgan fingerprint density at radius 2 is 1.13 bits per heavy atom. The van der Waals surface area contributed by atoms with Crippen LogP contribution < -0.4 is 0 Å². The average molecular weight is 979 g/mol. The van der Waals surface area contributed by atoms with Gasteiger partial charge < -0.3 is 99.9 Å². The maximum Gasteiger partial charge on any atom is 0.187 e. The summed E-state index contributed by atoms with van der Waals surface area (Å²) in [6, 6.07) is 0. The molecule has 3 heterocycles. The number of fused-ring (bicyclic) bond motifs is 2. The van der Waals surface area contributed by atoms with Gasteiger partial charge in [-0.25, -0.2) is 0 Å². The summed E-state index contributed by atoms with van der Waals surface area (Å²) in [6.45, 7) is 10.2. The first-order valence-corrected chi connectivity index (χ1v) is 25.1. The van der Waals surface area contributed by atoms with Crippen molar-refractivity contribution in [3.05, 3.63) is 0 Å². The van der Waals surface area contributed by atoms with Crippen LogP contribution in [0.1, 0.15) is 106 Å². The van der Waals surface area contributed by atoms with Gasteiger partial charge >= 0.3 is 0 Å². The summed E-state index contributed by atoms with van der Waals surface area (Å²) in [5, 5.41) is 149. The number of ether oxygens (including phenoxy) is 6. The van der Waals surface area contributed by atoms with Crippen LogP contribution >= 0.6 is 0 Å². The first-order chi connectivity index (χ1) is 31.8. The zero-order valence-electron chi connectivity index (χ0n) is 40.3. The number of aliphatic hydroxyl groups is 14. The molecule has 0 aromatic heterocycles. The van der Waals surface area contributed by atoms with Crippen LogP contribution in [-0.4, -0.2) is 214 Å². The molecule has 2 spiro atoms. The molecule has 3 saturated heterocycles. The number of rotatable bonds is 15. The minimum absolute atomic E-state index is 0.00838. The standard InChI is InChI=1S/C48H82O20/c1-21(7-10-28(53)43(2,3)68-42-39(62)36(59)33(56)25(66-42)18-63-40-37(60)34(57)31(54)23(16-49)64-40)30-22(52)15-46(6)27-9-8-26-44(4,20-51)29(67-41-38(61)35(58)32(55)24(17-50)65-41)11-12-47(26)19-48(27,47)14-13-45(30,46)5/h21-42,49-62H,7-20H2,1-6H3/t21-,22+,23-,24-,25-,26+,27+,28+,29+,30+,31-,32-,33-,34+,35+,36+,37-,38-,39-,40-,41+,42+,44-,45-,46+,47-,48+/m1/s1. The molecule has 3 aliphatic heterocycles. The molecule has 0 aromatic rings. The predicted molar refractivity (Wildman–Crippen MR) is 234 cm³/mol. The van der Waals surface area contributed by atoms with Crippen LogP contribution in [0.15, 0.2) is 0 Å². The molecule has 5 saturated carbocycles. The molecule has 0 amide bonds. The van der Waals surface area contributed by atoms with Crippen molar-refractivity contribution in [1.29, 1.82) is 0 Å². The van der Waals surface area contributed by atoms with E-state index in [1.165, 1.54) is 0 Å². The van der Waals surface area contributed by atoms with E-state index in [9.17, 15) is 71.5 Å². The fourth-order valence-electron chi connectivity index (χ4n) is 15.9. The minimum atomic E-state index is -1.76. The number of hydrogen-bond acceptors (Lipinski definition) is 20. The number of aliphatic hydroxyl groups excluding tert-OH is 14. The van der Waals surface area contributed by atoms with E-state index in [0.29, 0.717) is 25.2 Å². The normalized spacial score (nSPS) is 54.5. The third kappa shape index (κ3) is 8.28. The molecule has 20 heteroatoms. The Morgan fingerprint density at radius 3 is 1.74 bits per heavy atom. The second kappa shape index (κ2) is 19.2. The molecule has 27 atom stereocenters. The third-order valence-electron chi connectivity index (χ3n) is 20.1. The molecular formula is C48H82O20. The highest BCUT2D eigenvalue weighted by molar-refractivity contribution is 5.31. The van der Waals surface area contributed by atoms with Gasteiger partial charge in [-0.1, -0.05) is 27.7 Å². The first kappa shape index (κ1) is 53.5. The maximum atomic E-state index is 12.1. The topological polar surface area (TPSA) is 339 Å². The van der Waals surface area contributed by atoms with Crippen molar-refractivity contribution in [2.45, 2.75) is 222 Å². The van der Waals surface area contributed by atoms with Gasteiger partial charge in [0.2, 0.25) is 0 Å². The van der Waals surface area contributed by atoms with Crippen molar-refractivity contribution in [1.82, 2.24) is 0 Å². The highest BCUT2D eigenvalue weighted by atomic mass is 16.7. The molecule has 394 valence electrons. The van der Waals surface area contributed by atoms with Crippen LogP contribution in [-0.2, 0) is 28.4 Å². The summed E-state index contributed by atoms with van der Waals surface area (Å²) >= 11 is 0. The van der Waals surface area contributed by atoms with Gasteiger partial charge in [-0.3, -0.25) is 0 Å². The lowest BCUT2D eigenvalue weighted by Gasteiger charge is -2.63. The molecule has 8 rings (SSSR count). The lowest BCUT2D eigenvalue weighted by Crippen LogP contribution is -2.63. The lowest BCUT2D eigenvalue weighted by atomic mass is 9.41. The van der Waals surface area contributed by atoms with Gasteiger partial charge in [0.05, 0.1) is 50.3 Å². The highest BCUT2D eigenvalue weighted by Gasteiger charge is 2.83. The summed E-state index contributed by atoms with van der Waals surface area (Å²) in [5.41, 5.74) is -2.44. The van der Waals surface area contributed by atoms with Crippen molar-refractivity contribution in [3.8, 4) is 0 Å². The fourth-order valence-corrected chi connectivity index (χ4v) is 15.9. The molecule has 8 aliphatic rings. The Hall–Kier alpha value is -0.800. The summed E-state index contributed by atoms with van der Waals surface area (Å²) < 4.78 is 35.1. The summed E-state index contributed by atoms with van der Waals surface area (Å²) in [6.07, 6.45) is -17.4. The zero-order chi connectivity index (χ0) is 49.8. The molecule has 14 N–H and O–H groups in total. The fraction of sp³-hybridized carbons (Fsp3) is 1.00. The van der Waals surface area contributed by atoms with Gasteiger partial charge in [0, 0.05) is 5.41 Å². The van der Waals surface area contributed by atoms with E-state index in [4.69, 9.17) is 28.4 Å². The van der Waals surface area contributed by atoms with Gasteiger partial charge in [0.25, 0.3) is 0 Å². The Morgan fingerprint density at radius 1 is 0.603 bits per heavy atom. The Bertz CT molecular complexity index is 1740. The summed E-state index contributed by atoms with van der Waals surface area (Å²) in [5.74, 6) is 0.377. The SMILES string of the molecule is C[C@H](CC[C@H](O)C(C)(C)O[C@@H]1O[C@H](CO[C@@H]2O[C@H](CO)[C@@H](O)[C@H](O)[C@H]2O)[C@@H](O)[C@H](O)[C@H]1O)[C@H]1[C@@H](O)C[C@@]2(C)[C@@H]3CC[C@H]4[C@@](C)(CO)[C@@H](O[C@@H]5O[C@H](CO)[C@@H](O)[C@H](O)[C@H]5O)CC[C@@]45C[C@@]35CC[C@]12C. The van der Waals surface area contributed by atoms with Crippen molar-refractivity contribution in [3.63, 3.8) is 0 Å². The first-order valence-electron chi connectivity index (χ1n) is 25.1. The third-order valence-corrected chi connectivity index (χ3v) is 20.1. The Kier molecular flexibility index (Phi) is 15.1. The van der Waals surface area contributed by atoms with Crippen LogP contribution in [0.3, 0.4) is 0 Å². The molecule has 68 heavy (non-hydrogen) atoms. The smallest absolute Gasteiger partial charge is 0.187 e. The van der Waals surface area contributed by atoms with E-state index in [1.54, 1.807) is 13.8 Å². The van der Waals surface area contributed by atoms with Gasteiger partial charge in [0.15, 0.2) is 18.9 Å². The predicted octanol–water partition coefficient (Wildman–Crippen LogP) is -2.25. The van der Waals surface area contributed by atoms with Crippen molar-refractivity contribution < 1.29 is 99.9 Å². The van der Waals surface area contributed by atoms with E-state index >= 15 is 0 Å². The average Bonchev–Trinajstić information content (AvgIpc) is 3.92. The highest BCUT2D eigenvalue weighted by Crippen LogP contribution is 2.89. The second-order valence-corrected chi connectivity index (χ2v) is 23.7. The van der Waals surface area contributed by atoms with Crippen molar-refractivity contribution in [2.75, 3.05) is 26.4 Å². The quantitative estimate of drug-likeness (QED) is 0.0771. The van der Waals surface area contributed by atoms with Crippen LogP contribution in [0.5, 0.6) is 0 Å². The van der Waals surface area contributed by atoms with Crippen molar-refractivity contribution in [2.24, 2.45) is 50.7 Å². The van der Waals surface area contributed by atoms with E-state index in [-0.39, 0.29) is 52.4 Å². The number of hydrogen-bond donors (Lipinski definition) is 14. The Balaban J connectivity index is 0.892. The second-order valence-electron chi connectivity index (χ2n) is 23.7. The van der Waals surface area contributed by atoms with E-state index in [2.05, 4.69) is 20.8 Å². The summed E-state index contributed by atoms with van der Waals surface area (Å²) in [7, 11) is 0. The maximum absolute atomic E-state index is 12.1. The van der Waals surface area contributed by atoms with Crippen LogP contribution in [0.4, 0.5) is 0 Å². The summed E-state index contributed by atoms with van der Waals surface area (Å²) in [4.78, 5) is 0. The molecular weight excluding hydrogens is 897 g/mol. The minimum Gasteiger partial charge on any atom is -0.396 e. The lowest BCUT2D eigenvalue weighted by molar-refractivity contribution is -0.347. The molecule has 20 nitrogen and oxygen atoms in total. The zero-order valence-corrected chi connectivity index (χ0v) is 40.3. The van der Waals surface area contributed by atoms with Gasteiger partial charge in [-0.2, -0.15) is 0 Å². The van der Waals surface area contributed by atoms with E-state index in [0.717, 1.165) is 38.5 Å². The molecule has 0 radical (unpaired) electrons. The van der Waals surface area contributed by atoms with Gasteiger partial charge in [-0.15, -0.1) is 0 Å². The Labute approximate surface area is 398 Å². The van der Waals surface area contributed by atoms with Gasteiger partial charge in [-0.05, 0) is 123 Å². The molecule has 0 unspecified atom stereocenters. The van der Waals surface area contributed by atoms with Crippen LogP contribution in [0.25, 0.3) is 0 Å². The van der Waals surface area contributed by atoms with Crippen LogP contribution in [0.2, 0.25) is 0 Å². The van der Waals surface area contributed by atoms with Crippen LogP contribution in [0, 0.1) is 50.7 Å². The van der Waals surface area contributed by atoms with Gasteiger partial charge in [0.1, 0.15) is 73.2 Å².